The van der Waals surface area contributed by atoms with Crippen LogP contribution in [0.2, 0.25) is 0 Å². The molecule has 36 heavy (non-hydrogen) atoms. The molecule has 2 fully saturated rings. The molecule has 9 atom stereocenters. The van der Waals surface area contributed by atoms with Gasteiger partial charge in [-0.2, -0.15) is 0 Å². The molecular weight excluding hydrogens is 460 g/mol. The summed E-state index contributed by atoms with van der Waals surface area (Å²) in [4.78, 5) is 38.1. The molecule has 0 spiro atoms. The van der Waals surface area contributed by atoms with Crippen molar-refractivity contribution in [1.82, 2.24) is 0 Å². The lowest BCUT2D eigenvalue weighted by atomic mass is 9.37. The molecule has 1 N–H and O–H groups in total. The lowest BCUT2D eigenvalue weighted by Gasteiger charge is -2.67. The zero-order valence-corrected chi connectivity index (χ0v) is 22.3. The average Bonchev–Trinajstić information content (AvgIpc) is 3.33. The van der Waals surface area contributed by atoms with E-state index in [-0.39, 0.29) is 29.0 Å². The molecule has 4 aliphatic carbocycles. The molecule has 0 aromatic rings. The van der Waals surface area contributed by atoms with Gasteiger partial charge < -0.3 is 19.3 Å². The van der Waals surface area contributed by atoms with E-state index in [1.165, 1.54) is 14.0 Å². The smallest absolute Gasteiger partial charge is 0.336 e. The summed E-state index contributed by atoms with van der Waals surface area (Å²) in [5.41, 5.74) is -0.573. The second kappa shape index (κ2) is 7.87. The van der Waals surface area contributed by atoms with Crippen molar-refractivity contribution in [3.05, 3.63) is 35.5 Å². The fourth-order valence-corrected chi connectivity index (χ4v) is 9.10. The number of aliphatic hydroxyl groups is 1. The number of carbonyl (C=O) groups excluding carboxylic acids is 3. The summed E-state index contributed by atoms with van der Waals surface area (Å²) in [6.07, 6.45) is 7.44. The van der Waals surface area contributed by atoms with Gasteiger partial charge in [0.25, 0.3) is 0 Å². The van der Waals surface area contributed by atoms with E-state index in [9.17, 15) is 19.5 Å². The average molecular weight is 499 g/mol. The minimum atomic E-state index is -1.03. The third kappa shape index (κ3) is 3.08. The molecule has 1 aliphatic heterocycles. The Morgan fingerprint density at radius 1 is 1.17 bits per heavy atom. The molecule has 2 saturated carbocycles. The SMILES string of the molecule is CO[C@@H]1C=C([C@@H]2CC=C3[C@]4(C)[C@H](OC(C)=O)[C@H](O)[C@H]5C(C)(C)C(=O)C=C[C@]5(C)[C@H]4CC[C@]32C)C(=O)O1. The van der Waals surface area contributed by atoms with E-state index >= 15 is 0 Å². The first kappa shape index (κ1) is 25.4. The van der Waals surface area contributed by atoms with E-state index in [2.05, 4.69) is 26.8 Å². The Morgan fingerprint density at radius 3 is 2.47 bits per heavy atom. The molecule has 0 radical (unpaired) electrons. The van der Waals surface area contributed by atoms with Gasteiger partial charge in [-0.15, -0.1) is 0 Å². The van der Waals surface area contributed by atoms with Crippen molar-refractivity contribution in [3.63, 3.8) is 0 Å². The minimum absolute atomic E-state index is 0.0191. The standard InChI is InChI=1S/C29H38O7/c1-15(30)35-24-22(32)23-26(2,3)20(31)11-13-28(23,5)19-10-12-27(4)17(8-9-18(27)29(19,24)6)16-14-21(34-7)36-25(16)33/h9,11,13-14,17,19,21-24,32H,8,10,12H2,1-7H3/t17-,19+,21-,22+,23-,24+,27-,28+,29-/m0/s1. The quantitative estimate of drug-likeness (QED) is 0.465. The number of hydrogen-bond acceptors (Lipinski definition) is 7. The van der Waals surface area contributed by atoms with Crippen LogP contribution in [0.1, 0.15) is 60.8 Å². The number of cyclic esters (lactones) is 1. The molecule has 5 aliphatic rings. The molecule has 0 saturated heterocycles. The normalized spacial score (nSPS) is 46.8. The summed E-state index contributed by atoms with van der Waals surface area (Å²) in [6.45, 7) is 11.6. The molecule has 7 nitrogen and oxygen atoms in total. The summed E-state index contributed by atoms with van der Waals surface area (Å²) >= 11 is 0. The lowest BCUT2D eigenvalue weighted by molar-refractivity contribution is -0.228. The first-order valence-corrected chi connectivity index (χ1v) is 13.0. The highest BCUT2D eigenvalue weighted by atomic mass is 16.7. The predicted molar refractivity (Wildman–Crippen MR) is 131 cm³/mol. The third-order valence-electron chi connectivity index (χ3n) is 10.5. The van der Waals surface area contributed by atoms with Crippen molar-refractivity contribution in [3.8, 4) is 0 Å². The van der Waals surface area contributed by atoms with Crippen LogP contribution in [-0.4, -0.2) is 48.4 Å². The summed E-state index contributed by atoms with van der Waals surface area (Å²) in [6, 6.07) is 0. The van der Waals surface area contributed by atoms with Crippen LogP contribution < -0.4 is 0 Å². The van der Waals surface area contributed by atoms with E-state index in [0.717, 1.165) is 18.4 Å². The maximum Gasteiger partial charge on any atom is 0.336 e. The lowest BCUT2D eigenvalue weighted by Crippen LogP contribution is -2.70. The van der Waals surface area contributed by atoms with Gasteiger partial charge in [-0.05, 0) is 48.2 Å². The van der Waals surface area contributed by atoms with Crippen LogP contribution in [-0.2, 0) is 28.6 Å². The van der Waals surface area contributed by atoms with Gasteiger partial charge in [-0.3, -0.25) is 9.59 Å². The number of ether oxygens (including phenoxy) is 3. The predicted octanol–water partition coefficient (Wildman–Crippen LogP) is 3.90. The Kier molecular flexibility index (Phi) is 5.56. The Hall–Kier alpha value is -2.25. The Labute approximate surface area is 212 Å². The molecular formula is C29H38O7. The highest BCUT2D eigenvalue weighted by Crippen LogP contribution is 2.72. The van der Waals surface area contributed by atoms with E-state index in [1.807, 2.05) is 19.9 Å². The maximum absolute atomic E-state index is 13.0. The van der Waals surface area contributed by atoms with Crippen molar-refractivity contribution < 1.29 is 33.7 Å². The monoisotopic (exact) mass is 498 g/mol. The van der Waals surface area contributed by atoms with E-state index in [4.69, 9.17) is 14.2 Å². The number of esters is 2. The number of ketones is 1. The van der Waals surface area contributed by atoms with Crippen LogP contribution in [0.3, 0.4) is 0 Å². The van der Waals surface area contributed by atoms with Crippen LogP contribution in [0.4, 0.5) is 0 Å². The number of allylic oxidation sites excluding steroid dienone is 3. The van der Waals surface area contributed by atoms with Gasteiger partial charge in [0.15, 0.2) is 5.78 Å². The van der Waals surface area contributed by atoms with Crippen LogP contribution >= 0.6 is 0 Å². The van der Waals surface area contributed by atoms with Crippen molar-refractivity contribution in [2.75, 3.05) is 7.11 Å². The molecule has 0 unspecified atom stereocenters. The molecule has 0 amide bonds. The first-order valence-electron chi connectivity index (χ1n) is 13.0. The minimum Gasteiger partial charge on any atom is -0.459 e. The zero-order valence-electron chi connectivity index (χ0n) is 22.3. The molecule has 5 rings (SSSR count). The van der Waals surface area contributed by atoms with E-state index < -0.39 is 46.6 Å². The van der Waals surface area contributed by atoms with Crippen molar-refractivity contribution >= 4 is 17.7 Å². The topological polar surface area (TPSA) is 99.1 Å². The highest BCUT2D eigenvalue weighted by Gasteiger charge is 2.71. The zero-order chi connectivity index (χ0) is 26.4. The largest absolute Gasteiger partial charge is 0.459 e. The summed E-state index contributed by atoms with van der Waals surface area (Å²) in [5.74, 6) is -1.28. The van der Waals surface area contributed by atoms with Crippen LogP contribution in [0, 0.1) is 39.4 Å². The highest BCUT2D eigenvalue weighted by molar-refractivity contribution is 5.96. The summed E-state index contributed by atoms with van der Waals surface area (Å²) < 4.78 is 16.6. The molecule has 196 valence electrons. The summed E-state index contributed by atoms with van der Waals surface area (Å²) in [7, 11) is 1.51. The van der Waals surface area contributed by atoms with Gasteiger partial charge in [0.2, 0.25) is 6.29 Å². The third-order valence-corrected chi connectivity index (χ3v) is 10.5. The number of methoxy groups -OCH3 is 1. The number of fused-ring (bicyclic) bond motifs is 5. The second-order valence-electron chi connectivity index (χ2n) is 12.6. The Balaban J connectivity index is 1.64. The van der Waals surface area contributed by atoms with Gasteiger partial charge in [-0.1, -0.05) is 52.3 Å². The van der Waals surface area contributed by atoms with Gasteiger partial charge in [-0.25, -0.2) is 4.79 Å². The number of hydrogen-bond donors (Lipinski definition) is 1. The molecule has 0 aromatic heterocycles. The fourth-order valence-electron chi connectivity index (χ4n) is 9.10. The van der Waals surface area contributed by atoms with Crippen molar-refractivity contribution in [1.29, 1.82) is 0 Å². The first-order chi connectivity index (χ1) is 16.7. The Bertz CT molecular complexity index is 1110. The van der Waals surface area contributed by atoms with Crippen LogP contribution in [0.15, 0.2) is 35.5 Å². The van der Waals surface area contributed by atoms with E-state index in [1.54, 1.807) is 12.2 Å². The van der Waals surface area contributed by atoms with Gasteiger partial charge in [0, 0.05) is 42.3 Å². The molecule has 0 bridgehead atoms. The second-order valence-corrected chi connectivity index (χ2v) is 12.6. The number of aliphatic hydroxyl groups excluding tert-OH is 1. The summed E-state index contributed by atoms with van der Waals surface area (Å²) in [5, 5.41) is 11.9. The van der Waals surface area contributed by atoms with Crippen LogP contribution in [0.5, 0.6) is 0 Å². The number of rotatable bonds is 3. The molecule has 7 heteroatoms. The van der Waals surface area contributed by atoms with Gasteiger partial charge >= 0.3 is 11.9 Å². The fraction of sp³-hybridized carbons (Fsp3) is 0.690. The van der Waals surface area contributed by atoms with Crippen molar-refractivity contribution in [2.45, 2.75) is 79.3 Å². The van der Waals surface area contributed by atoms with E-state index in [0.29, 0.717) is 12.0 Å². The molecule has 1 heterocycles. The molecule has 0 aromatic carbocycles. The van der Waals surface area contributed by atoms with Crippen LogP contribution in [0.25, 0.3) is 0 Å². The van der Waals surface area contributed by atoms with Gasteiger partial charge in [0.05, 0.1) is 6.10 Å². The van der Waals surface area contributed by atoms with Crippen molar-refractivity contribution in [2.24, 2.45) is 39.4 Å². The Morgan fingerprint density at radius 2 is 1.86 bits per heavy atom. The van der Waals surface area contributed by atoms with Gasteiger partial charge in [0.1, 0.15) is 6.10 Å². The maximum atomic E-state index is 13.0. The number of carbonyl (C=O) groups is 3.